The Kier molecular flexibility index (Phi) is 11.8. The van der Waals surface area contributed by atoms with Crippen LogP contribution in [0.4, 0.5) is 39.8 Å². The maximum Gasteiger partial charge on any atom is 0.187 e. The van der Waals surface area contributed by atoms with Gasteiger partial charge in [0, 0.05) is 67.3 Å². The zero-order valence-electron chi connectivity index (χ0n) is 40.4. The van der Waals surface area contributed by atoms with E-state index in [1.807, 2.05) is 97.1 Å². The van der Waals surface area contributed by atoms with Gasteiger partial charge in [-0.1, -0.05) is 140 Å². The van der Waals surface area contributed by atoms with Gasteiger partial charge in [0.25, 0.3) is 0 Å². The Morgan fingerprint density at radius 2 is 0.851 bits per heavy atom. The van der Waals surface area contributed by atoms with E-state index in [1.54, 1.807) is 0 Å². The lowest BCUT2D eigenvalue weighted by Crippen LogP contribution is -2.10. The molecular formula is C67H45N7. The highest BCUT2D eigenvalue weighted by Gasteiger charge is 2.21. The number of hydrogen-bond acceptors (Lipinski definition) is 5. The molecule has 0 fully saturated rings. The highest BCUT2D eigenvalue weighted by molar-refractivity contribution is 6.12. The van der Waals surface area contributed by atoms with E-state index in [0.29, 0.717) is 17.1 Å². The van der Waals surface area contributed by atoms with Crippen LogP contribution in [0.2, 0.25) is 0 Å². The molecule has 0 radical (unpaired) electrons. The summed E-state index contributed by atoms with van der Waals surface area (Å²) in [4.78, 5) is 18.2. The van der Waals surface area contributed by atoms with Crippen LogP contribution in [-0.4, -0.2) is 14.5 Å². The first kappa shape index (κ1) is 44.8. The molecule has 0 aliphatic rings. The van der Waals surface area contributed by atoms with Crippen molar-refractivity contribution in [2.75, 3.05) is 9.80 Å². The fraction of sp³-hybridized carbons (Fsp3) is 0.0149. The van der Waals surface area contributed by atoms with Gasteiger partial charge < -0.3 is 14.4 Å². The standard InChI is InChI=1S/C67H45N7/c1-46-41-52(48-25-27-50(28-26-48)63-44-62(49-15-7-3-8-16-49)70-67(71-63)51-17-9-4-10-18-51)29-38-64(46)74-65-39-36-58(72(54-19-11-5-12-20-54)55-21-13-6-14-22-55)42-60(65)61-43-59(37-40-66(61)74)73(56-32-23-47(45-68)24-33-56)57-34-30-53(69-2)31-35-57/h3-44H,1H3. The van der Waals surface area contributed by atoms with Gasteiger partial charge in [0.1, 0.15) is 0 Å². The average Bonchev–Trinajstić information content (AvgIpc) is 3.81. The Morgan fingerprint density at radius 3 is 1.35 bits per heavy atom. The van der Waals surface area contributed by atoms with Crippen LogP contribution in [0.1, 0.15) is 11.1 Å². The number of nitriles is 1. The molecule has 7 nitrogen and oxygen atoms in total. The Balaban J connectivity index is 0.978. The lowest BCUT2D eigenvalue weighted by Gasteiger charge is -2.26. The van der Waals surface area contributed by atoms with Crippen LogP contribution in [0, 0.1) is 24.8 Å². The van der Waals surface area contributed by atoms with E-state index < -0.39 is 0 Å². The van der Waals surface area contributed by atoms with Crippen molar-refractivity contribution in [3.8, 4) is 56.8 Å². The first-order valence-electron chi connectivity index (χ1n) is 24.5. The minimum atomic E-state index is 0.567. The van der Waals surface area contributed by atoms with Gasteiger partial charge in [0.2, 0.25) is 0 Å². The van der Waals surface area contributed by atoms with Crippen molar-refractivity contribution in [1.82, 2.24) is 14.5 Å². The fourth-order valence-corrected chi connectivity index (χ4v) is 9.93. The molecular weight excluding hydrogens is 903 g/mol. The summed E-state index contributed by atoms with van der Waals surface area (Å²) in [5.41, 5.74) is 18.4. The van der Waals surface area contributed by atoms with Gasteiger partial charge in [0.05, 0.1) is 40.6 Å². The molecule has 0 aliphatic carbocycles. The summed E-state index contributed by atoms with van der Waals surface area (Å²) in [6.45, 7) is 9.82. The second kappa shape index (κ2) is 19.5. The van der Waals surface area contributed by atoms with E-state index >= 15 is 0 Å². The van der Waals surface area contributed by atoms with Crippen molar-refractivity contribution in [3.63, 3.8) is 0 Å². The minimum absolute atomic E-state index is 0.567. The van der Waals surface area contributed by atoms with Crippen LogP contribution in [0.25, 0.3) is 77.4 Å². The lowest BCUT2D eigenvalue weighted by atomic mass is 9.99. The van der Waals surface area contributed by atoms with Crippen molar-refractivity contribution >= 4 is 61.6 Å². The van der Waals surface area contributed by atoms with E-state index in [4.69, 9.17) is 16.5 Å². The zero-order chi connectivity index (χ0) is 50.0. The summed E-state index contributed by atoms with van der Waals surface area (Å²) >= 11 is 0. The molecule has 0 unspecified atom stereocenters. The fourth-order valence-electron chi connectivity index (χ4n) is 9.93. The van der Waals surface area contributed by atoms with Crippen molar-refractivity contribution < 1.29 is 0 Å². The molecule has 0 spiro atoms. The van der Waals surface area contributed by atoms with Gasteiger partial charge >= 0.3 is 0 Å². The molecule has 0 bridgehead atoms. The van der Waals surface area contributed by atoms with Crippen molar-refractivity contribution in [1.29, 1.82) is 5.26 Å². The van der Waals surface area contributed by atoms with Gasteiger partial charge in [-0.05, 0) is 139 Å². The topological polar surface area (TPSA) is 65.3 Å². The third kappa shape index (κ3) is 8.58. The van der Waals surface area contributed by atoms with Crippen LogP contribution < -0.4 is 9.80 Å². The van der Waals surface area contributed by atoms with Crippen LogP contribution in [-0.2, 0) is 0 Å². The maximum atomic E-state index is 9.70. The molecule has 7 heteroatoms. The molecule has 12 rings (SSSR count). The number of nitrogens with zero attached hydrogens (tertiary/aromatic N) is 7. The van der Waals surface area contributed by atoms with E-state index in [1.165, 1.54) is 0 Å². The van der Waals surface area contributed by atoms with E-state index in [2.05, 4.69) is 190 Å². The summed E-state index contributed by atoms with van der Waals surface area (Å²) in [6.07, 6.45) is 0. The van der Waals surface area contributed by atoms with Crippen molar-refractivity contribution in [3.05, 3.63) is 277 Å². The van der Waals surface area contributed by atoms with E-state index in [0.717, 1.165) is 106 Å². The number of aryl methyl sites for hydroxylation is 1. The van der Waals surface area contributed by atoms with E-state index in [-0.39, 0.29) is 0 Å². The van der Waals surface area contributed by atoms with Gasteiger partial charge in [-0.25, -0.2) is 14.8 Å². The van der Waals surface area contributed by atoms with Gasteiger partial charge in [-0.2, -0.15) is 5.26 Å². The summed E-state index contributed by atoms with van der Waals surface area (Å²) in [7, 11) is 0. The van der Waals surface area contributed by atoms with Crippen LogP contribution in [0.15, 0.2) is 255 Å². The normalized spacial score (nSPS) is 11.0. The van der Waals surface area contributed by atoms with Gasteiger partial charge in [-0.15, -0.1) is 0 Å². The molecule has 0 N–H and O–H groups in total. The predicted octanol–water partition coefficient (Wildman–Crippen LogP) is 17.9. The molecule has 0 atom stereocenters. The van der Waals surface area contributed by atoms with Gasteiger partial charge in [0.15, 0.2) is 11.5 Å². The summed E-state index contributed by atoms with van der Waals surface area (Å²) in [6, 6.07) is 89.8. The Hall–Kier alpha value is -10.3. The quantitative estimate of drug-likeness (QED) is 0.121. The first-order valence-corrected chi connectivity index (χ1v) is 24.5. The minimum Gasteiger partial charge on any atom is -0.311 e. The average molecular weight is 948 g/mol. The first-order chi connectivity index (χ1) is 36.5. The number of benzene rings is 10. The third-order valence-corrected chi connectivity index (χ3v) is 13.5. The zero-order valence-corrected chi connectivity index (χ0v) is 40.4. The molecule has 0 aliphatic heterocycles. The van der Waals surface area contributed by atoms with E-state index in [9.17, 15) is 5.26 Å². The van der Waals surface area contributed by atoms with Crippen molar-refractivity contribution in [2.24, 2.45) is 0 Å². The van der Waals surface area contributed by atoms with Crippen LogP contribution >= 0.6 is 0 Å². The molecule has 0 amide bonds. The van der Waals surface area contributed by atoms with Crippen LogP contribution in [0.3, 0.4) is 0 Å². The Labute approximate surface area is 430 Å². The van der Waals surface area contributed by atoms with Crippen molar-refractivity contribution in [2.45, 2.75) is 6.92 Å². The SMILES string of the molecule is [C-]#[N+]c1ccc(N(c2ccc(C#N)cc2)c2ccc3c(c2)c2cc(N(c4ccccc4)c4ccccc4)ccc2n3-c2ccc(-c3ccc(-c4cc(-c5ccccc5)nc(-c5ccccc5)n4)cc3)cc2C)cc1. The summed E-state index contributed by atoms with van der Waals surface area (Å²) in [5.74, 6) is 0.690. The monoisotopic (exact) mass is 947 g/mol. The second-order valence-electron chi connectivity index (χ2n) is 18.1. The number of para-hydroxylation sites is 2. The molecule has 348 valence electrons. The Morgan fingerprint density at radius 1 is 0.419 bits per heavy atom. The molecule has 12 aromatic rings. The smallest absolute Gasteiger partial charge is 0.187 e. The Bertz CT molecular complexity index is 3910. The number of hydrogen-bond donors (Lipinski definition) is 0. The third-order valence-electron chi connectivity index (χ3n) is 13.5. The number of rotatable bonds is 11. The molecule has 74 heavy (non-hydrogen) atoms. The second-order valence-corrected chi connectivity index (χ2v) is 18.1. The molecule has 2 heterocycles. The lowest BCUT2D eigenvalue weighted by molar-refractivity contribution is 1.15. The number of anilines is 6. The number of aromatic nitrogens is 3. The summed E-state index contributed by atoms with van der Waals surface area (Å²) in [5, 5.41) is 11.9. The molecule has 10 aromatic carbocycles. The molecule has 2 aromatic heterocycles. The largest absolute Gasteiger partial charge is 0.311 e. The van der Waals surface area contributed by atoms with Gasteiger partial charge in [-0.3, -0.25) is 0 Å². The predicted molar refractivity (Wildman–Crippen MR) is 303 cm³/mol. The highest BCUT2D eigenvalue weighted by atomic mass is 15.2. The molecule has 0 saturated heterocycles. The number of fused-ring (bicyclic) bond motifs is 3. The maximum absolute atomic E-state index is 9.70. The van der Waals surface area contributed by atoms with Crippen LogP contribution in [0.5, 0.6) is 0 Å². The highest BCUT2D eigenvalue weighted by Crippen LogP contribution is 2.44. The summed E-state index contributed by atoms with van der Waals surface area (Å²) < 4.78 is 2.39. The molecule has 0 saturated carbocycles.